The van der Waals surface area contributed by atoms with E-state index in [0.29, 0.717) is 26.2 Å². The number of carboxylic acid groups (broad SMARTS) is 2. The molecule has 0 saturated heterocycles. The van der Waals surface area contributed by atoms with Gasteiger partial charge in [0, 0.05) is 32.2 Å². The smallest absolute Gasteiger partial charge is 0.306 e. The summed E-state index contributed by atoms with van der Waals surface area (Å²) in [6.07, 6.45) is 13.5. The van der Waals surface area contributed by atoms with Crippen molar-refractivity contribution < 1.29 is 43.7 Å². The van der Waals surface area contributed by atoms with Crippen LogP contribution in [0.5, 0.6) is 0 Å². The molecule has 0 aromatic carbocycles. The number of hydrogen-bond donors (Lipinski definition) is 3. The minimum absolute atomic E-state index is 0.0384. The normalized spacial score (nSPS) is 11.7. The van der Waals surface area contributed by atoms with Crippen LogP contribution in [0.1, 0.15) is 116 Å². The molecule has 0 aliphatic heterocycles. The van der Waals surface area contributed by atoms with Crippen LogP contribution in [0.4, 0.5) is 0 Å². The van der Waals surface area contributed by atoms with Crippen molar-refractivity contribution >= 4 is 29.4 Å². The van der Waals surface area contributed by atoms with Gasteiger partial charge in [0.05, 0.1) is 25.7 Å². The number of carboxylic acids is 2. The number of ether oxygens (including phenoxy) is 2. The third-order valence-corrected chi connectivity index (χ3v) is 6.39. The molecule has 0 radical (unpaired) electrons. The van der Waals surface area contributed by atoms with Crippen molar-refractivity contribution in [2.45, 2.75) is 116 Å². The fraction of sp³-hybridized carbons (Fsp3) is 0.828. The zero-order chi connectivity index (χ0) is 29.1. The van der Waals surface area contributed by atoms with Crippen LogP contribution in [0.15, 0.2) is 0 Å². The lowest BCUT2D eigenvalue weighted by Crippen LogP contribution is -2.29. The zero-order valence-electron chi connectivity index (χ0n) is 23.9. The van der Waals surface area contributed by atoms with Crippen LogP contribution in [0.25, 0.3) is 0 Å². The molecule has 0 aliphatic rings. The summed E-state index contributed by atoms with van der Waals surface area (Å²) in [5.74, 6) is -3.02. The summed E-state index contributed by atoms with van der Waals surface area (Å²) in [5.41, 5.74) is 0. The average molecular weight is 558 g/mol. The Morgan fingerprint density at radius 2 is 1.18 bits per heavy atom. The van der Waals surface area contributed by atoms with E-state index in [1.165, 1.54) is 39.0 Å². The van der Waals surface area contributed by atoms with Crippen molar-refractivity contribution in [2.75, 3.05) is 33.0 Å². The second kappa shape index (κ2) is 25.9. The molecule has 1 atom stereocenters. The topological polar surface area (TPSA) is 156 Å². The van der Waals surface area contributed by atoms with Gasteiger partial charge in [-0.2, -0.15) is 0 Å². The van der Waals surface area contributed by atoms with Crippen LogP contribution in [0.2, 0.25) is 0 Å². The summed E-state index contributed by atoms with van der Waals surface area (Å²) in [5, 5.41) is 20.7. The van der Waals surface area contributed by atoms with Crippen molar-refractivity contribution in [3.63, 3.8) is 0 Å². The largest absolute Gasteiger partial charge is 0.481 e. The Morgan fingerprint density at radius 1 is 0.667 bits per heavy atom. The Morgan fingerprint density at radius 3 is 1.69 bits per heavy atom. The highest BCUT2D eigenvalue weighted by molar-refractivity contribution is 5.84. The number of carbonyl (C=O) groups is 5. The first-order valence-electron chi connectivity index (χ1n) is 14.6. The van der Waals surface area contributed by atoms with Gasteiger partial charge in [0.25, 0.3) is 0 Å². The van der Waals surface area contributed by atoms with Gasteiger partial charge < -0.3 is 25.0 Å². The van der Waals surface area contributed by atoms with Gasteiger partial charge in [-0.3, -0.25) is 24.0 Å². The standard InChI is InChI=1S/C29H51NO9/c1-24(31)23-39-21-20-38-19-18-30-27(33)17-16-25(29(36)37)22-26(32)14-12-10-8-6-4-2-3-5-7-9-11-13-15-28(34)35/h25H,2-23H2,1H3,(H,30,33)(H,34,35)(H,36,37). The number of aliphatic carboxylic acids is 2. The van der Waals surface area contributed by atoms with Gasteiger partial charge >= 0.3 is 11.9 Å². The van der Waals surface area contributed by atoms with E-state index in [0.717, 1.165) is 44.9 Å². The van der Waals surface area contributed by atoms with Gasteiger partial charge in [-0.05, 0) is 26.2 Å². The molecule has 39 heavy (non-hydrogen) atoms. The maximum Gasteiger partial charge on any atom is 0.306 e. The number of ketones is 2. The lowest BCUT2D eigenvalue weighted by molar-refractivity contribution is -0.144. The van der Waals surface area contributed by atoms with Gasteiger partial charge in [-0.15, -0.1) is 0 Å². The van der Waals surface area contributed by atoms with E-state index in [9.17, 15) is 29.1 Å². The van der Waals surface area contributed by atoms with Gasteiger partial charge in [0.2, 0.25) is 5.91 Å². The molecule has 10 heteroatoms. The lowest BCUT2D eigenvalue weighted by Gasteiger charge is -2.12. The van der Waals surface area contributed by atoms with E-state index in [1.54, 1.807) is 0 Å². The fourth-order valence-electron chi connectivity index (χ4n) is 4.15. The monoisotopic (exact) mass is 557 g/mol. The molecule has 0 spiro atoms. The predicted octanol–water partition coefficient (Wildman–Crippen LogP) is 4.71. The van der Waals surface area contributed by atoms with Crippen LogP contribution < -0.4 is 5.32 Å². The van der Waals surface area contributed by atoms with Crippen molar-refractivity contribution in [3.8, 4) is 0 Å². The van der Waals surface area contributed by atoms with Crippen molar-refractivity contribution in [1.29, 1.82) is 0 Å². The third-order valence-electron chi connectivity index (χ3n) is 6.39. The Kier molecular flexibility index (Phi) is 24.4. The van der Waals surface area contributed by atoms with Crippen LogP contribution in [-0.2, 0) is 33.4 Å². The Labute approximate surface area is 233 Å². The molecule has 0 aromatic heterocycles. The molecule has 226 valence electrons. The lowest BCUT2D eigenvalue weighted by atomic mass is 9.94. The fourth-order valence-corrected chi connectivity index (χ4v) is 4.15. The van der Waals surface area contributed by atoms with Gasteiger partial charge in [-0.25, -0.2) is 0 Å². The summed E-state index contributed by atoms with van der Waals surface area (Å²) >= 11 is 0. The Hall–Kier alpha value is -2.33. The molecule has 1 unspecified atom stereocenters. The molecule has 1 amide bonds. The summed E-state index contributed by atoms with van der Waals surface area (Å²) < 4.78 is 10.3. The Bertz CT molecular complexity index is 696. The van der Waals surface area contributed by atoms with Crippen LogP contribution in [-0.4, -0.2) is 72.6 Å². The summed E-state index contributed by atoms with van der Waals surface area (Å²) in [7, 11) is 0. The highest BCUT2D eigenvalue weighted by Crippen LogP contribution is 2.16. The molecule has 0 heterocycles. The number of carbonyl (C=O) groups excluding carboxylic acids is 3. The average Bonchev–Trinajstić information content (AvgIpc) is 2.87. The summed E-state index contributed by atoms with van der Waals surface area (Å²) in [6.45, 7) is 2.67. The minimum atomic E-state index is -1.05. The zero-order valence-corrected chi connectivity index (χ0v) is 23.9. The van der Waals surface area contributed by atoms with E-state index in [4.69, 9.17) is 14.6 Å². The van der Waals surface area contributed by atoms with E-state index in [1.807, 2.05) is 0 Å². The molecule has 0 saturated carbocycles. The maximum absolute atomic E-state index is 12.3. The van der Waals surface area contributed by atoms with E-state index < -0.39 is 17.9 Å². The summed E-state index contributed by atoms with van der Waals surface area (Å²) in [4.78, 5) is 56.9. The number of Topliss-reactive ketones (excluding diaryl/α,β-unsaturated/α-hetero) is 2. The molecular weight excluding hydrogens is 506 g/mol. The highest BCUT2D eigenvalue weighted by Gasteiger charge is 2.22. The summed E-state index contributed by atoms with van der Waals surface area (Å²) in [6, 6.07) is 0. The van der Waals surface area contributed by atoms with Crippen LogP contribution in [0, 0.1) is 5.92 Å². The van der Waals surface area contributed by atoms with Crippen molar-refractivity contribution in [1.82, 2.24) is 5.32 Å². The number of amides is 1. The van der Waals surface area contributed by atoms with E-state index in [2.05, 4.69) is 5.32 Å². The first-order chi connectivity index (χ1) is 18.7. The molecule has 0 bridgehead atoms. The first-order valence-corrected chi connectivity index (χ1v) is 14.6. The molecule has 0 aliphatic carbocycles. The maximum atomic E-state index is 12.3. The molecule has 3 N–H and O–H groups in total. The minimum Gasteiger partial charge on any atom is -0.481 e. The molecule has 0 rings (SSSR count). The first kappa shape index (κ1) is 36.7. The molecule has 0 aromatic rings. The van der Waals surface area contributed by atoms with E-state index in [-0.39, 0.29) is 56.4 Å². The number of rotatable bonds is 29. The van der Waals surface area contributed by atoms with Crippen molar-refractivity contribution in [3.05, 3.63) is 0 Å². The van der Waals surface area contributed by atoms with Crippen LogP contribution in [0.3, 0.4) is 0 Å². The molecular formula is C29H51NO9. The molecule has 10 nitrogen and oxygen atoms in total. The van der Waals surface area contributed by atoms with Gasteiger partial charge in [0.15, 0.2) is 5.78 Å². The second-order valence-corrected chi connectivity index (χ2v) is 10.2. The quantitative estimate of drug-likeness (QED) is 0.111. The second-order valence-electron chi connectivity index (χ2n) is 10.2. The molecule has 0 fully saturated rings. The van der Waals surface area contributed by atoms with Gasteiger partial charge in [-0.1, -0.05) is 64.2 Å². The Balaban J connectivity index is 3.70. The number of unbranched alkanes of at least 4 members (excludes halogenated alkanes) is 11. The van der Waals surface area contributed by atoms with Crippen LogP contribution >= 0.6 is 0 Å². The van der Waals surface area contributed by atoms with Crippen molar-refractivity contribution in [2.24, 2.45) is 5.92 Å². The predicted molar refractivity (Wildman–Crippen MR) is 148 cm³/mol. The van der Waals surface area contributed by atoms with E-state index >= 15 is 0 Å². The van der Waals surface area contributed by atoms with Gasteiger partial charge in [0.1, 0.15) is 12.4 Å². The highest BCUT2D eigenvalue weighted by atomic mass is 16.5. The number of hydrogen-bond acceptors (Lipinski definition) is 7. The SMILES string of the molecule is CC(=O)COCCOCCNC(=O)CCC(CC(=O)CCCCCCCCCCCCCCC(=O)O)C(=O)O. The third kappa shape index (κ3) is 27.0. The number of nitrogens with one attached hydrogen (secondary N) is 1.